The predicted octanol–water partition coefficient (Wildman–Crippen LogP) is 1.18. The molecule has 1 rings (SSSR count). The van der Waals surface area contributed by atoms with E-state index in [0.29, 0.717) is 18.9 Å². The summed E-state index contributed by atoms with van der Waals surface area (Å²) in [5.41, 5.74) is 0. The fourth-order valence-electron chi connectivity index (χ4n) is 2.81. The van der Waals surface area contributed by atoms with Crippen LogP contribution in [0.4, 0.5) is 0 Å². The normalized spacial score (nSPS) is 18.6. The van der Waals surface area contributed by atoms with Gasteiger partial charge in [-0.3, -0.25) is 9.79 Å². The van der Waals surface area contributed by atoms with Gasteiger partial charge in [-0.05, 0) is 27.2 Å². The Labute approximate surface area is 134 Å². The molecule has 22 heavy (non-hydrogen) atoms. The minimum atomic E-state index is 0.184. The lowest BCUT2D eigenvalue weighted by Gasteiger charge is -2.22. The second kappa shape index (κ2) is 10.4. The van der Waals surface area contributed by atoms with Crippen LogP contribution in [0.15, 0.2) is 4.99 Å². The second-order valence-corrected chi connectivity index (χ2v) is 5.61. The Morgan fingerprint density at radius 2 is 2.09 bits per heavy atom. The number of likely N-dealkylation sites (tertiary alicyclic amines) is 1. The number of amides is 1. The van der Waals surface area contributed by atoms with Crippen LogP contribution in [0.2, 0.25) is 0 Å². The van der Waals surface area contributed by atoms with Crippen LogP contribution >= 0.6 is 0 Å². The van der Waals surface area contributed by atoms with E-state index in [2.05, 4.69) is 22.1 Å². The summed E-state index contributed by atoms with van der Waals surface area (Å²) in [4.78, 5) is 20.8. The van der Waals surface area contributed by atoms with Gasteiger partial charge in [0.05, 0.1) is 13.2 Å². The van der Waals surface area contributed by atoms with Crippen LogP contribution in [0.1, 0.15) is 33.6 Å². The topological polar surface area (TPSA) is 57.2 Å². The molecule has 0 saturated carbocycles. The third-order valence-corrected chi connectivity index (χ3v) is 4.03. The maximum Gasteiger partial charge on any atom is 0.224 e. The van der Waals surface area contributed by atoms with Crippen molar-refractivity contribution in [3.8, 4) is 0 Å². The first-order chi connectivity index (χ1) is 10.7. The van der Waals surface area contributed by atoms with Crippen LogP contribution in [-0.4, -0.2) is 74.7 Å². The van der Waals surface area contributed by atoms with E-state index < -0.39 is 0 Å². The van der Waals surface area contributed by atoms with Crippen LogP contribution < -0.4 is 5.32 Å². The van der Waals surface area contributed by atoms with Gasteiger partial charge in [0.15, 0.2) is 5.96 Å². The summed E-state index contributed by atoms with van der Waals surface area (Å²) >= 11 is 0. The van der Waals surface area contributed by atoms with Crippen molar-refractivity contribution in [1.29, 1.82) is 0 Å². The van der Waals surface area contributed by atoms with Crippen LogP contribution in [0.3, 0.4) is 0 Å². The monoisotopic (exact) mass is 312 g/mol. The smallest absolute Gasteiger partial charge is 0.224 e. The van der Waals surface area contributed by atoms with Gasteiger partial charge in [0.25, 0.3) is 0 Å². The van der Waals surface area contributed by atoms with E-state index in [4.69, 9.17) is 4.74 Å². The molecule has 0 aromatic heterocycles. The van der Waals surface area contributed by atoms with Crippen molar-refractivity contribution in [1.82, 2.24) is 15.1 Å². The Morgan fingerprint density at radius 3 is 2.68 bits per heavy atom. The van der Waals surface area contributed by atoms with Gasteiger partial charge in [-0.25, -0.2) is 0 Å². The summed E-state index contributed by atoms with van der Waals surface area (Å²) < 4.78 is 5.24. The molecule has 6 heteroatoms. The summed E-state index contributed by atoms with van der Waals surface area (Å²) in [6, 6.07) is 0. The maximum atomic E-state index is 12.0. The Balaban J connectivity index is 2.50. The van der Waals surface area contributed by atoms with Crippen molar-refractivity contribution in [3.05, 3.63) is 0 Å². The average molecular weight is 312 g/mol. The zero-order valence-electron chi connectivity index (χ0n) is 14.6. The molecule has 1 N–H and O–H groups in total. The molecule has 1 unspecified atom stereocenters. The highest BCUT2D eigenvalue weighted by Gasteiger charge is 2.24. The Bertz CT molecular complexity index is 356. The number of carbonyl (C=O) groups excluding carboxylic acids is 1. The molecule has 0 aromatic carbocycles. The van der Waals surface area contributed by atoms with Crippen molar-refractivity contribution in [2.24, 2.45) is 10.9 Å². The van der Waals surface area contributed by atoms with Gasteiger partial charge in [-0.15, -0.1) is 0 Å². The van der Waals surface area contributed by atoms with E-state index in [9.17, 15) is 4.79 Å². The average Bonchev–Trinajstić information content (AvgIpc) is 2.96. The Kier molecular flexibility index (Phi) is 8.89. The lowest BCUT2D eigenvalue weighted by molar-refractivity contribution is -0.130. The van der Waals surface area contributed by atoms with Gasteiger partial charge in [0.2, 0.25) is 5.91 Å². The van der Waals surface area contributed by atoms with E-state index in [0.717, 1.165) is 51.7 Å². The van der Waals surface area contributed by atoms with Crippen LogP contribution in [0.5, 0.6) is 0 Å². The zero-order valence-corrected chi connectivity index (χ0v) is 14.6. The molecule has 1 aliphatic heterocycles. The number of aliphatic imine (C=N–C) groups is 1. The fraction of sp³-hybridized carbons (Fsp3) is 0.875. The summed E-state index contributed by atoms with van der Waals surface area (Å²) in [5.74, 6) is 1.68. The zero-order chi connectivity index (χ0) is 16.4. The molecule has 0 spiro atoms. The molecule has 1 aliphatic rings. The number of nitrogens with zero attached hydrogens (tertiary/aromatic N) is 3. The quantitative estimate of drug-likeness (QED) is 0.540. The maximum absolute atomic E-state index is 12.0. The number of rotatable bonds is 8. The molecule has 1 heterocycles. The van der Waals surface area contributed by atoms with Crippen LogP contribution in [-0.2, 0) is 9.53 Å². The van der Waals surface area contributed by atoms with Gasteiger partial charge in [0.1, 0.15) is 0 Å². The molecule has 0 aliphatic carbocycles. The van der Waals surface area contributed by atoms with Crippen molar-refractivity contribution in [2.45, 2.75) is 33.6 Å². The molecule has 1 fully saturated rings. The largest absolute Gasteiger partial charge is 0.384 e. The number of carbonyl (C=O) groups is 1. The summed E-state index contributed by atoms with van der Waals surface area (Å²) in [7, 11) is 1.75. The first kappa shape index (κ1) is 18.7. The third-order valence-electron chi connectivity index (χ3n) is 4.03. The highest BCUT2D eigenvalue weighted by Crippen LogP contribution is 2.16. The second-order valence-electron chi connectivity index (χ2n) is 5.61. The van der Waals surface area contributed by atoms with E-state index in [-0.39, 0.29) is 5.91 Å². The van der Waals surface area contributed by atoms with E-state index in [1.54, 1.807) is 7.11 Å². The fourth-order valence-corrected chi connectivity index (χ4v) is 2.81. The number of guanidine groups is 1. The minimum Gasteiger partial charge on any atom is -0.384 e. The third kappa shape index (κ3) is 5.83. The summed E-state index contributed by atoms with van der Waals surface area (Å²) in [5, 5.41) is 3.33. The minimum absolute atomic E-state index is 0.184. The number of methoxy groups -OCH3 is 1. The highest BCUT2D eigenvalue weighted by molar-refractivity contribution is 5.81. The summed E-state index contributed by atoms with van der Waals surface area (Å²) in [6.45, 7) is 11.8. The molecule has 1 atom stereocenters. The summed E-state index contributed by atoms with van der Waals surface area (Å²) in [6.07, 6.45) is 1.61. The standard InChI is InChI=1S/C16H32N4O2/c1-5-17-16(20-11-9-14(12-20)13-22-4)18-10-8-15(21)19(6-2)7-3/h14H,5-13H2,1-4H3,(H,17,18). The van der Waals surface area contributed by atoms with E-state index >= 15 is 0 Å². The number of hydrogen-bond donors (Lipinski definition) is 1. The van der Waals surface area contributed by atoms with E-state index in [1.807, 2.05) is 18.7 Å². The lowest BCUT2D eigenvalue weighted by atomic mass is 10.1. The van der Waals surface area contributed by atoms with Gasteiger partial charge in [-0.1, -0.05) is 0 Å². The van der Waals surface area contributed by atoms with E-state index in [1.165, 1.54) is 0 Å². The Morgan fingerprint density at radius 1 is 1.36 bits per heavy atom. The lowest BCUT2D eigenvalue weighted by Crippen LogP contribution is -2.40. The van der Waals surface area contributed by atoms with Gasteiger partial charge < -0.3 is 19.9 Å². The molecule has 6 nitrogen and oxygen atoms in total. The van der Waals surface area contributed by atoms with Crippen LogP contribution in [0.25, 0.3) is 0 Å². The van der Waals surface area contributed by atoms with Crippen molar-refractivity contribution in [3.63, 3.8) is 0 Å². The molecule has 0 aromatic rings. The number of nitrogens with one attached hydrogen (secondary N) is 1. The molecule has 1 saturated heterocycles. The predicted molar refractivity (Wildman–Crippen MR) is 90.1 cm³/mol. The van der Waals surface area contributed by atoms with Gasteiger partial charge in [0, 0.05) is 52.2 Å². The molecule has 128 valence electrons. The molecule has 0 bridgehead atoms. The van der Waals surface area contributed by atoms with Gasteiger partial charge >= 0.3 is 0 Å². The number of ether oxygens (including phenoxy) is 1. The van der Waals surface area contributed by atoms with Crippen LogP contribution in [0, 0.1) is 5.92 Å². The molecule has 0 radical (unpaired) electrons. The highest BCUT2D eigenvalue weighted by atomic mass is 16.5. The van der Waals surface area contributed by atoms with Gasteiger partial charge in [-0.2, -0.15) is 0 Å². The van der Waals surface area contributed by atoms with Crippen molar-refractivity contribution < 1.29 is 9.53 Å². The van der Waals surface area contributed by atoms with Crippen molar-refractivity contribution in [2.75, 3.05) is 53.0 Å². The Hall–Kier alpha value is -1.30. The first-order valence-corrected chi connectivity index (χ1v) is 8.46. The SMILES string of the molecule is CCNC(=NCCC(=O)N(CC)CC)N1CCC(COC)C1. The van der Waals surface area contributed by atoms with Crippen molar-refractivity contribution >= 4 is 11.9 Å². The number of hydrogen-bond acceptors (Lipinski definition) is 3. The molecular formula is C16H32N4O2. The molecule has 1 amide bonds. The first-order valence-electron chi connectivity index (χ1n) is 8.46. The molecular weight excluding hydrogens is 280 g/mol.